The summed E-state index contributed by atoms with van der Waals surface area (Å²) in [7, 11) is 0. The molecule has 1 N–H and O–H groups in total. The van der Waals surface area contributed by atoms with Gasteiger partial charge >= 0.3 is 0 Å². The number of piperazine rings is 1. The molecule has 18 heavy (non-hydrogen) atoms. The lowest BCUT2D eigenvalue weighted by molar-refractivity contribution is 0.0621. The van der Waals surface area contributed by atoms with Crippen LogP contribution in [0.3, 0.4) is 0 Å². The first-order valence-corrected chi connectivity index (χ1v) is 6.91. The molecule has 0 bridgehead atoms. The van der Waals surface area contributed by atoms with Gasteiger partial charge in [-0.1, -0.05) is 7.43 Å². The third-order valence-electron chi connectivity index (χ3n) is 3.40. The van der Waals surface area contributed by atoms with E-state index >= 15 is 0 Å². The largest absolute Gasteiger partial charge is 0.311 e. The van der Waals surface area contributed by atoms with Gasteiger partial charge in [0.2, 0.25) is 0 Å². The fourth-order valence-electron chi connectivity index (χ4n) is 2.23. The topological polar surface area (TPSA) is 18.5 Å². The molecular weight excluding hydrogens is 222 g/mol. The summed E-state index contributed by atoms with van der Waals surface area (Å²) in [6.45, 7) is 20.7. The van der Waals surface area contributed by atoms with E-state index in [4.69, 9.17) is 0 Å². The second-order valence-corrected chi connectivity index (χ2v) is 7.18. The molecule has 0 unspecified atom stereocenters. The summed E-state index contributed by atoms with van der Waals surface area (Å²) in [6.07, 6.45) is 0. The molecule has 0 radical (unpaired) electrons. The fourth-order valence-corrected chi connectivity index (χ4v) is 2.23. The van der Waals surface area contributed by atoms with Gasteiger partial charge in [-0.05, 0) is 41.5 Å². The molecule has 0 spiro atoms. The van der Waals surface area contributed by atoms with Gasteiger partial charge in [0.15, 0.2) is 0 Å². The molecule has 1 fully saturated rings. The van der Waals surface area contributed by atoms with Crippen LogP contribution in [0.5, 0.6) is 0 Å². The van der Waals surface area contributed by atoms with Crippen molar-refractivity contribution < 1.29 is 0 Å². The van der Waals surface area contributed by atoms with Gasteiger partial charge in [0.1, 0.15) is 0 Å². The molecule has 0 amide bonds. The van der Waals surface area contributed by atoms with Crippen LogP contribution in [0.2, 0.25) is 0 Å². The molecule has 0 atom stereocenters. The first-order chi connectivity index (χ1) is 7.68. The highest BCUT2D eigenvalue weighted by Crippen LogP contribution is 2.15. The number of nitrogens with one attached hydrogen (secondary N) is 1. The van der Waals surface area contributed by atoms with E-state index in [1.54, 1.807) is 0 Å². The van der Waals surface area contributed by atoms with Crippen molar-refractivity contribution in [1.29, 1.82) is 0 Å². The molecule has 0 aromatic rings. The van der Waals surface area contributed by atoms with Gasteiger partial charge in [-0.3, -0.25) is 9.80 Å². The SMILES string of the molecule is C.CC(C)(C)NCCN1CCN(C(C)(C)C)CC1. The van der Waals surface area contributed by atoms with E-state index in [1.165, 1.54) is 32.7 Å². The van der Waals surface area contributed by atoms with Crippen molar-refractivity contribution in [3.05, 3.63) is 0 Å². The lowest BCUT2D eigenvalue weighted by atomic mass is 10.0. The summed E-state index contributed by atoms with van der Waals surface area (Å²) >= 11 is 0. The second-order valence-electron chi connectivity index (χ2n) is 7.18. The molecule has 0 aromatic heterocycles. The van der Waals surface area contributed by atoms with Gasteiger partial charge < -0.3 is 5.32 Å². The maximum absolute atomic E-state index is 3.56. The first-order valence-electron chi connectivity index (χ1n) is 6.91. The second kappa shape index (κ2) is 6.88. The lowest BCUT2D eigenvalue weighted by Gasteiger charge is -2.42. The molecule has 1 aliphatic rings. The molecule has 1 aliphatic heterocycles. The number of hydrogen-bond donors (Lipinski definition) is 1. The van der Waals surface area contributed by atoms with Crippen molar-refractivity contribution in [2.24, 2.45) is 0 Å². The quantitative estimate of drug-likeness (QED) is 0.838. The molecule has 0 aromatic carbocycles. The van der Waals surface area contributed by atoms with Gasteiger partial charge in [0, 0.05) is 50.3 Å². The molecule has 1 heterocycles. The molecule has 110 valence electrons. The van der Waals surface area contributed by atoms with Crippen molar-refractivity contribution in [2.45, 2.75) is 60.0 Å². The maximum atomic E-state index is 3.56. The van der Waals surface area contributed by atoms with Gasteiger partial charge in [0.05, 0.1) is 0 Å². The van der Waals surface area contributed by atoms with Crippen LogP contribution in [0.15, 0.2) is 0 Å². The highest BCUT2D eigenvalue weighted by molar-refractivity contribution is 4.82. The first kappa shape index (κ1) is 17.9. The minimum Gasteiger partial charge on any atom is -0.311 e. The third-order valence-corrected chi connectivity index (χ3v) is 3.40. The summed E-state index contributed by atoms with van der Waals surface area (Å²) in [4.78, 5) is 5.15. The van der Waals surface area contributed by atoms with E-state index in [9.17, 15) is 0 Å². The van der Waals surface area contributed by atoms with Crippen molar-refractivity contribution in [2.75, 3.05) is 39.3 Å². The maximum Gasteiger partial charge on any atom is 0.0126 e. The molecule has 3 nitrogen and oxygen atoms in total. The Hall–Kier alpha value is -0.120. The Bertz CT molecular complexity index is 214. The standard InChI is InChI=1S/C14H31N3.CH4/c1-13(2,3)15-7-8-16-9-11-17(12-10-16)14(4,5)6;/h15H,7-12H2,1-6H3;1H4. The summed E-state index contributed by atoms with van der Waals surface area (Å²) < 4.78 is 0. The van der Waals surface area contributed by atoms with Crippen LogP contribution in [0.4, 0.5) is 0 Å². The molecular formula is C15H35N3. The Morgan fingerprint density at radius 2 is 1.39 bits per heavy atom. The van der Waals surface area contributed by atoms with Crippen molar-refractivity contribution in [3.8, 4) is 0 Å². The van der Waals surface area contributed by atoms with Crippen LogP contribution >= 0.6 is 0 Å². The summed E-state index contributed by atoms with van der Waals surface area (Å²) in [5, 5.41) is 3.56. The van der Waals surface area contributed by atoms with Gasteiger partial charge in [0.25, 0.3) is 0 Å². The van der Waals surface area contributed by atoms with E-state index in [0.717, 1.165) is 6.54 Å². The minimum absolute atomic E-state index is 0. The van der Waals surface area contributed by atoms with E-state index in [2.05, 4.69) is 56.7 Å². The smallest absolute Gasteiger partial charge is 0.0126 e. The fraction of sp³-hybridized carbons (Fsp3) is 1.00. The zero-order valence-electron chi connectivity index (χ0n) is 12.6. The van der Waals surface area contributed by atoms with Crippen LogP contribution < -0.4 is 5.32 Å². The van der Waals surface area contributed by atoms with E-state index in [0.29, 0.717) is 5.54 Å². The molecule has 1 rings (SSSR count). The average molecular weight is 257 g/mol. The average Bonchev–Trinajstić information content (AvgIpc) is 2.15. The van der Waals surface area contributed by atoms with Crippen LogP contribution in [0, 0.1) is 0 Å². The lowest BCUT2D eigenvalue weighted by Crippen LogP contribution is -2.54. The normalized spacial score (nSPS) is 19.7. The van der Waals surface area contributed by atoms with E-state index in [-0.39, 0.29) is 13.0 Å². The number of hydrogen-bond acceptors (Lipinski definition) is 3. The highest BCUT2D eigenvalue weighted by atomic mass is 15.3. The minimum atomic E-state index is 0. The highest BCUT2D eigenvalue weighted by Gasteiger charge is 2.25. The Morgan fingerprint density at radius 1 is 0.889 bits per heavy atom. The molecule has 0 aliphatic carbocycles. The van der Waals surface area contributed by atoms with Gasteiger partial charge in [-0.25, -0.2) is 0 Å². The summed E-state index contributed by atoms with van der Waals surface area (Å²) in [5.74, 6) is 0. The van der Waals surface area contributed by atoms with E-state index < -0.39 is 0 Å². The predicted molar refractivity (Wildman–Crippen MR) is 82.3 cm³/mol. The Morgan fingerprint density at radius 3 is 1.78 bits per heavy atom. The van der Waals surface area contributed by atoms with Crippen LogP contribution in [-0.2, 0) is 0 Å². The molecule has 0 saturated carbocycles. The summed E-state index contributed by atoms with van der Waals surface area (Å²) in [6, 6.07) is 0. The Balaban J connectivity index is 0.00000289. The zero-order valence-corrected chi connectivity index (χ0v) is 12.6. The Kier molecular flexibility index (Phi) is 6.83. The van der Waals surface area contributed by atoms with E-state index in [1.807, 2.05) is 0 Å². The Labute approximate surface area is 115 Å². The third kappa shape index (κ3) is 6.72. The predicted octanol–water partition coefficient (Wildman–Crippen LogP) is 2.43. The molecule has 3 heteroatoms. The number of nitrogens with zero attached hydrogens (tertiary/aromatic N) is 2. The van der Waals surface area contributed by atoms with Crippen molar-refractivity contribution >= 4 is 0 Å². The van der Waals surface area contributed by atoms with Crippen LogP contribution in [0.25, 0.3) is 0 Å². The van der Waals surface area contributed by atoms with Crippen molar-refractivity contribution in [3.63, 3.8) is 0 Å². The number of rotatable bonds is 3. The van der Waals surface area contributed by atoms with Crippen molar-refractivity contribution in [1.82, 2.24) is 15.1 Å². The summed E-state index contributed by atoms with van der Waals surface area (Å²) in [5.41, 5.74) is 0.572. The van der Waals surface area contributed by atoms with Gasteiger partial charge in [-0.15, -0.1) is 0 Å². The molecule has 1 saturated heterocycles. The van der Waals surface area contributed by atoms with Crippen LogP contribution in [-0.4, -0.2) is 60.1 Å². The monoisotopic (exact) mass is 257 g/mol. The van der Waals surface area contributed by atoms with Gasteiger partial charge in [-0.2, -0.15) is 0 Å². The van der Waals surface area contributed by atoms with Crippen LogP contribution in [0.1, 0.15) is 49.0 Å². The zero-order chi connectivity index (χ0) is 13.1.